The van der Waals surface area contributed by atoms with Crippen molar-refractivity contribution in [2.45, 2.75) is 19.0 Å². The third-order valence-electron chi connectivity index (χ3n) is 2.90. The Kier molecular flexibility index (Phi) is 2.99. The number of imidazole rings is 1. The van der Waals surface area contributed by atoms with Crippen LogP contribution in [0.4, 0.5) is 13.2 Å². The highest BCUT2D eigenvalue weighted by atomic mass is 19.4. The van der Waals surface area contributed by atoms with Gasteiger partial charge in [-0.25, -0.2) is 9.78 Å². The Hall–Kier alpha value is -2.06. The Bertz CT molecular complexity index is 532. The minimum absolute atomic E-state index is 0.121. The van der Waals surface area contributed by atoms with Crippen LogP contribution in [0.5, 0.6) is 0 Å². The number of aromatic carboxylic acids is 1. The first kappa shape index (κ1) is 13.4. The molecule has 0 aromatic carbocycles. The number of alkyl halides is 3. The zero-order valence-corrected chi connectivity index (χ0v) is 9.78. The van der Waals surface area contributed by atoms with Gasteiger partial charge in [0, 0.05) is 18.8 Å². The summed E-state index contributed by atoms with van der Waals surface area (Å²) in [5, 5.41) is 8.80. The number of hydrogen-bond donors (Lipinski definition) is 2. The predicted molar refractivity (Wildman–Crippen MR) is 55.7 cm³/mol. The molecular weight excluding hydrogens is 267 g/mol. The van der Waals surface area contributed by atoms with E-state index in [1.807, 2.05) is 0 Å². The van der Waals surface area contributed by atoms with Gasteiger partial charge in [0.05, 0.1) is 5.92 Å². The average molecular weight is 277 g/mol. The lowest BCUT2D eigenvalue weighted by Crippen LogP contribution is -2.53. The fourth-order valence-corrected chi connectivity index (χ4v) is 1.88. The van der Waals surface area contributed by atoms with Gasteiger partial charge in [0.15, 0.2) is 5.69 Å². The van der Waals surface area contributed by atoms with Crippen molar-refractivity contribution in [1.29, 1.82) is 0 Å². The molecule has 0 saturated carbocycles. The zero-order chi connectivity index (χ0) is 14.4. The number of halogens is 3. The number of carboxylic acid groups (broad SMARTS) is 1. The van der Waals surface area contributed by atoms with E-state index in [4.69, 9.17) is 5.11 Å². The van der Waals surface area contributed by atoms with E-state index in [0.29, 0.717) is 16.4 Å². The van der Waals surface area contributed by atoms with E-state index in [-0.39, 0.29) is 18.8 Å². The Morgan fingerprint density at radius 1 is 1.42 bits per heavy atom. The lowest BCUT2D eigenvalue weighted by Gasteiger charge is -2.38. The van der Waals surface area contributed by atoms with Crippen LogP contribution in [0, 0.1) is 6.92 Å². The third-order valence-corrected chi connectivity index (χ3v) is 2.90. The van der Waals surface area contributed by atoms with E-state index in [9.17, 15) is 22.8 Å². The lowest BCUT2D eigenvalue weighted by molar-refractivity contribution is -0.190. The third kappa shape index (κ3) is 2.40. The SMILES string of the molecule is Cc1[nH]c(C2CN(C(=O)C(F)(F)F)C2)nc1C(=O)O. The Morgan fingerprint density at radius 3 is 2.42 bits per heavy atom. The highest BCUT2D eigenvalue weighted by Gasteiger charge is 2.47. The number of hydrogen-bond acceptors (Lipinski definition) is 3. The summed E-state index contributed by atoms with van der Waals surface area (Å²) in [6.07, 6.45) is -4.88. The second-order valence-electron chi connectivity index (χ2n) is 4.31. The zero-order valence-electron chi connectivity index (χ0n) is 9.78. The average Bonchev–Trinajstić information content (AvgIpc) is 2.56. The first-order valence-electron chi connectivity index (χ1n) is 5.36. The molecule has 0 atom stereocenters. The van der Waals surface area contributed by atoms with Crippen LogP contribution in [-0.2, 0) is 4.79 Å². The number of aromatic amines is 1. The van der Waals surface area contributed by atoms with Gasteiger partial charge in [0.1, 0.15) is 5.82 Å². The molecule has 1 saturated heterocycles. The number of carbonyl (C=O) groups is 2. The Balaban J connectivity index is 2.03. The summed E-state index contributed by atoms with van der Waals surface area (Å²) in [6.45, 7) is 1.27. The van der Waals surface area contributed by atoms with Crippen molar-refractivity contribution in [3.05, 3.63) is 17.2 Å². The molecule has 1 aromatic rings. The maximum atomic E-state index is 12.1. The predicted octanol–water partition coefficient (Wildman–Crippen LogP) is 0.904. The van der Waals surface area contributed by atoms with E-state index in [1.165, 1.54) is 6.92 Å². The molecule has 1 fully saturated rings. The maximum Gasteiger partial charge on any atom is 0.471 e. The van der Waals surface area contributed by atoms with Crippen molar-refractivity contribution in [1.82, 2.24) is 14.9 Å². The smallest absolute Gasteiger partial charge is 0.471 e. The van der Waals surface area contributed by atoms with Crippen LogP contribution in [0.2, 0.25) is 0 Å². The van der Waals surface area contributed by atoms with Crippen LogP contribution in [0.25, 0.3) is 0 Å². The van der Waals surface area contributed by atoms with Crippen LogP contribution in [0.15, 0.2) is 0 Å². The topological polar surface area (TPSA) is 86.3 Å². The fourth-order valence-electron chi connectivity index (χ4n) is 1.88. The van der Waals surface area contributed by atoms with Crippen LogP contribution >= 0.6 is 0 Å². The summed E-state index contributed by atoms with van der Waals surface area (Å²) in [5.41, 5.74) is 0.179. The van der Waals surface area contributed by atoms with Crippen molar-refractivity contribution in [2.24, 2.45) is 0 Å². The molecule has 1 aromatic heterocycles. The second kappa shape index (κ2) is 4.25. The normalized spacial score (nSPS) is 16.3. The van der Waals surface area contributed by atoms with Crippen molar-refractivity contribution in [3.8, 4) is 0 Å². The van der Waals surface area contributed by atoms with Gasteiger partial charge in [-0.2, -0.15) is 13.2 Å². The lowest BCUT2D eigenvalue weighted by atomic mass is 9.99. The van der Waals surface area contributed by atoms with Gasteiger partial charge in [0.2, 0.25) is 0 Å². The number of rotatable bonds is 2. The number of aryl methyl sites for hydroxylation is 1. The molecule has 104 valence electrons. The van der Waals surface area contributed by atoms with Crippen LogP contribution < -0.4 is 0 Å². The Labute approximate surface area is 105 Å². The molecule has 0 aliphatic carbocycles. The van der Waals surface area contributed by atoms with Gasteiger partial charge in [-0.15, -0.1) is 0 Å². The molecule has 0 radical (unpaired) electrons. The first-order chi connectivity index (χ1) is 8.70. The molecular formula is C10H10F3N3O3. The molecule has 6 nitrogen and oxygen atoms in total. The largest absolute Gasteiger partial charge is 0.476 e. The van der Waals surface area contributed by atoms with Crippen molar-refractivity contribution in [2.75, 3.05) is 13.1 Å². The van der Waals surface area contributed by atoms with Crippen LogP contribution in [0.3, 0.4) is 0 Å². The highest BCUT2D eigenvalue weighted by Crippen LogP contribution is 2.30. The number of carbonyl (C=O) groups excluding carboxylic acids is 1. The monoisotopic (exact) mass is 277 g/mol. The number of likely N-dealkylation sites (tertiary alicyclic amines) is 1. The summed E-state index contributed by atoms with van der Waals surface area (Å²) < 4.78 is 36.4. The van der Waals surface area contributed by atoms with E-state index in [0.717, 1.165) is 0 Å². The summed E-state index contributed by atoms with van der Waals surface area (Å²) in [7, 11) is 0. The molecule has 2 N–H and O–H groups in total. The molecule has 9 heteroatoms. The van der Waals surface area contributed by atoms with Crippen LogP contribution in [-0.4, -0.2) is 51.1 Å². The molecule has 1 aliphatic rings. The quantitative estimate of drug-likeness (QED) is 0.841. The summed E-state index contributed by atoms with van der Waals surface area (Å²) in [5.74, 6) is -3.19. The Morgan fingerprint density at radius 2 is 2.00 bits per heavy atom. The summed E-state index contributed by atoms with van der Waals surface area (Å²) in [6, 6.07) is 0. The molecule has 0 bridgehead atoms. The van der Waals surface area contributed by atoms with Crippen molar-refractivity contribution in [3.63, 3.8) is 0 Å². The number of H-pyrrole nitrogens is 1. The van der Waals surface area contributed by atoms with Crippen molar-refractivity contribution < 1.29 is 27.9 Å². The first-order valence-corrected chi connectivity index (χ1v) is 5.36. The van der Waals surface area contributed by atoms with E-state index >= 15 is 0 Å². The number of nitrogens with one attached hydrogen (secondary N) is 1. The number of nitrogens with zero attached hydrogens (tertiary/aromatic N) is 2. The standard InChI is InChI=1S/C10H10F3N3O3/c1-4-6(8(17)18)15-7(14-4)5-2-16(3-5)9(19)10(11,12)13/h5H,2-3H2,1H3,(H,14,15)(H,17,18). The molecule has 19 heavy (non-hydrogen) atoms. The molecule has 2 heterocycles. The molecule has 1 amide bonds. The minimum atomic E-state index is -4.88. The van der Waals surface area contributed by atoms with Crippen molar-refractivity contribution >= 4 is 11.9 Å². The minimum Gasteiger partial charge on any atom is -0.476 e. The van der Waals surface area contributed by atoms with Gasteiger partial charge in [0.25, 0.3) is 0 Å². The van der Waals surface area contributed by atoms with Gasteiger partial charge >= 0.3 is 18.1 Å². The van der Waals surface area contributed by atoms with E-state index < -0.39 is 24.0 Å². The van der Waals surface area contributed by atoms with Gasteiger partial charge in [-0.1, -0.05) is 0 Å². The number of carboxylic acids is 1. The number of amides is 1. The van der Waals surface area contributed by atoms with Gasteiger partial charge in [-0.3, -0.25) is 4.79 Å². The van der Waals surface area contributed by atoms with E-state index in [2.05, 4.69) is 9.97 Å². The summed E-state index contributed by atoms with van der Waals surface area (Å²) in [4.78, 5) is 28.8. The molecule has 2 rings (SSSR count). The molecule has 0 unspecified atom stereocenters. The van der Waals surface area contributed by atoms with Crippen LogP contribution in [0.1, 0.15) is 27.9 Å². The second-order valence-corrected chi connectivity index (χ2v) is 4.31. The molecule has 1 aliphatic heterocycles. The van der Waals surface area contributed by atoms with Gasteiger partial charge in [-0.05, 0) is 6.92 Å². The number of aromatic nitrogens is 2. The fraction of sp³-hybridized carbons (Fsp3) is 0.500. The maximum absolute atomic E-state index is 12.1. The van der Waals surface area contributed by atoms with E-state index in [1.54, 1.807) is 0 Å². The summed E-state index contributed by atoms with van der Waals surface area (Å²) >= 11 is 0. The van der Waals surface area contributed by atoms with Gasteiger partial charge < -0.3 is 15.0 Å². The highest BCUT2D eigenvalue weighted by molar-refractivity contribution is 5.86. The molecule has 0 spiro atoms.